The molecule has 0 atom stereocenters. The summed E-state index contributed by atoms with van der Waals surface area (Å²) in [5.41, 5.74) is 0.855. The molecule has 0 bridgehead atoms. The van der Waals surface area contributed by atoms with Crippen molar-refractivity contribution in [2.24, 2.45) is 0 Å². The van der Waals surface area contributed by atoms with Crippen LogP contribution in [0, 0.1) is 12.7 Å². The summed E-state index contributed by atoms with van der Waals surface area (Å²) >= 11 is 1.62. The van der Waals surface area contributed by atoms with Gasteiger partial charge in [0.1, 0.15) is 5.82 Å². The van der Waals surface area contributed by atoms with Gasteiger partial charge < -0.3 is 0 Å². The Bertz CT molecular complexity index is 1130. The van der Waals surface area contributed by atoms with E-state index in [1.165, 1.54) is 23.8 Å². The molecule has 2 fully saturated rings. The van der Waals surface area contributed by atoms with Gasteiger partial charge in [-0.2, -0.15) is 0 Å². The van der Waals surface area contributed by atoms with E-state index in [0.717, 1.165) is 17.7 Å². The zero-order chi connectivity index (χ0) is 17.3. The number of nitrogens with one attached hydrogen (secondary N) is 1. The quantitative estimate of drug-likeness (QED) is 0.769. The molecular formula is C19H17FN2O2S. The summed E-state index contributed by atoms with van der Waals surface area (Å²) in [5, 5.41) is 0.254. The highest BCUT2D eigenvalue weighted by molar-refractivity contribution is 7.15. The lowest BCUT2D eigenvalue weighted by atomic mass is 10.0. The molecule has 2 aliphatic rings. The van der Waals surface area contributed by atoms with Gasteiger partial charge in [-0.1, -0.05) is 0 Å². The summed E-state index contributed by atoms with van der Waals surface area (Å²) in [6, 6.07) is 5.43. The standard InChI is InChI=1S/C19H17FN2O2S/c1-9-16(15-7-6-14(25-15)10-2-3-10)13(20)8-12-17(9)22(11-4-5-11)19(24)21-18(12)23/h6-8,10-11H,2-5H2,1H3,(H,21,23,24). The monoisotopic (exact) mass is 356 g/mol. The first-order valence-corrected chi connectivity index (χ1v) is 9.44. The zero-order valence-corrected chi connectivity index (χ0v) is 14.6. The van der Waals surface area contributed by atoms with E-state index in [9.17, 15) is 14.0 Å². The summed E-state index contributed by atoms with van der Waals surface area (Å²) in [5.74, 6) is 0.218. The van der Waals surface area contributed by atoms with Crippen molar-refractivity contribution in [3.8, 4) is 10.4 Å². The number of nitrogens with zero attached hydrogens (tertiary/aromatic N) is 1. The van der Waals surface area contributed by atoms with Gasteiger partial charge in [-0.25, -0.2) is 9.18 Å². The molecule has 25 heavy (non-hydrogen) atoms. The molecule has 2 aliphatic carbocycles. The molecule has 3 aromatic rings. The number of fused-ring (bicyclic) bond motifs is 1. The van der Waals surface area contributed by atoms with Gasteiger partial charge in [0.15, 0.2) is 0 Å². The molecule has 0 radical (unpaired) electrons. The van der Waals surface area contributed by atoms with Gasteiger partial charge >= 0.3 is 5.69 Å². The fraction of sp³-hybridized carbons (Fsp3) is 0.368. The van der Waals surface area contributed by atoms with Gasteiger partial charge in [0.2, 0.25) is 0 Å². The highest BCUT2D eigenvalue weighted by Crippen LogP contribution is 2.46. The van der Waals surface area contributed by atoms with E-state index in [2.05, 4.69) is 11.1 Å². The number of H-pyrrole nitrogens is 1. The molecule has 4 nitrogen and oxygen atoms in total. The van der Waals surface area contributed by atoms with Gasteiger partial charge in [-0.05, 0) is 62.3 Å². The third-order valence-corrected chi connectivity index (χ3v) is 6.45. The van der Waals surface area contributed by atoms with Crippen molar-refractivity contribution in [1.82, 2.24) is 9.55 Å². The van der Waals surface area contributed by atoms with Crippen LogP contribution in [0.15, 0.2) is 27.8 Å². The highest BCUT2D eigenvalue weighted by Gasteiger charge is 2.30. The summed E-state index contributed by atoms with van der Waals surface area (Å²) in [7, 11) is 0. The Morgan fingerprint density at radius 1 is 1.20 bits per heavy atom. The predicted molar refractivity (Wildman–Crippen MR) is 97.1 cm³/mol. The maximum Gasteiger partial charge on any atom is 0.329 e. The fourth-order valence-corrected chi connectivity index (χ4v) is 4.92. The number of hydrogen-bond donors (Lipinski definition) is 1. The molecule has 2 saturated carbocycles. The maximum atomic E-state index is 14.9. The minimum Gasteiger partial charge on any atom is -0.290 e. The fourth-order valence-electron chi connectivity index (χ4n) is 3.63. The predicted octanol–water partition coefficient (Wildman–Crippen LogP) is 4.08. The number of halogens is 1. The van der Waals surface area contributed by atoms with E-state index < -0.39 is 17.1 Å². The molecule has 0 spiro atoms. The molecular weight excluding hydrogens is 339 g/mol. The van der Waals surface area contributed by atoms with E-state index in [1.807, 2.05) is 13.0 Å². The Hall–Kier alpha value is -2.21. The normalized spacial score (nSPS) is 17.4. The second-order valence-electron chi connectivity index (χ2n) is 7.09. The first kappa shape index (κ1) is 15.1. The van der Waals surface area contributed by atoms with Crippen molar-refractivity contribution >= 4 is 22.2 Å². The lowest BCUT2D eigenvalue weighted by Gasteiger charge is -2.14. The van der Waals surface area contributed by atoms with Gasteiger partial charge in [0.25, 0.3) is 5.56 Å². The van der Waals surface area contributed by atoms with E-state index in [4.69, 9.17) is 0 Å². The summed E-state index contributed by atoms with van der Waals surface area (Å²) in [4.78, 5) is 29.0. The largest absolute Gasteiger partial charge is 0.329 e. The van der Waals surface area contributed by atoms with Crippen LogP contribution in [0.4, 0.5) is 4.39 Å². The van der Waals surface area contributed by atoms with Crippen LogP contribution in [0.5, 0.6) is 0 Å². The Balaban J connectivity index is 1.83. The Morgan fingerprint density at radius 3 is 2.64 bits per heavy atom. The minimum absolute atomic E-state index is 0.106. The van der Waals surface area contributed by atoms with Crippen LogP contribution < -0.4 is 11.2 Å². The van der Waals surface area contributed by atoms with Crippen molar-refractivity contribution in [3.63, 3.8) is 0 Å². The van der Waals surface area contributed by atoms with Crippen LogP contribution in [0.2, 0.25) is 0 Å². The van der Waals surface area contributed by atoms with Crippen molar-refractivity contribution in [3.05, 3.63) is 55.3 Å². The van der Waals surface area contributed by atoms with Gasteiger partial charge in [-0.15, -0.1) is 11.3 Å². The highest BCUT2D eigenvalue weighted by atomic mass is 32.1. The average Bonchev–Trinajstić information content (AvgIpc) is 3.49. The minimum atomic E-state index is -0.518. The van der Waals surface area contributed by atoms with Crippen LogP contribution in [0.25, 0.3) is 21.3 Å². The molecule has 128 valence electrons. The molecule has 2 heterocycles. The molecule has 0 unspecified atom stereocenters. The van der Waals surface area contributed by atoms with Gasteiger partial charge in [0.05, 0.1) is 10.9 Å². The topological polar surface area (TPSA) is 54.9 Å². The first-order chi connectivity index (χ1) is 12.0. The summed E-state index contributed by atoms with van der Waals surface area (Å²) in [6.07, 6.45) is 4.24. The van der Waals surface area contributed by atoms with E-state index in [-0.39, 0.29) is 11.4 Å². The Kier molecular flexibility index (Phi) is 3.10. The first-order valence-electron chi connectivity index (χ1n) is 8.62. The van der Waals surface area contributed by atoms with Crippen molar-refractivity contribution in [2.45, 2.75) is 44.6 Å². The van der Waals surface area contributed by atoms with E-state index in [0.29, 0.717) is 22.6 Å². The number of aromatic amines is 1. The van der Waals surface area contributed by atoms with Crippen molar-refractivity contribution < 1.29 is 4.39 Å². The summed E-state index contributed by atoms with van der Waals surface area (Å²) < 4.78 is 16.5. The molecule has 5 rings (SSSR count). The smallest absolute Gasteiger partial charge is 0.290 e. The maximum absolute atomic E-state index is 14.9. The molecule has 0 saturated heterocycles. The zero-order valence-electron chi connectivity index (χ0n) is 13.8. The average molecular weight is 356 g/mol. The van der Waals surface area contributed by atoms with Crippen LogP contribution in [0.3, 0.4) is 0 Å². The Labute approximate surface area is 146 Å². The van der Waals surface area contributed by atoms with Gasteiger partial charge in [-0.3, -0.25) is 14.3 Å². The van der Waals surface area contributed by atoms with Crippen molar-refractivity contribution in [1.29, 1.82) is 0 Å². The summed E-state index contributed by atoms with van der Waals surface area (Å²) in [6.45, 7) is 1.81. The van der Waals surface area contributed by atoms with Gasteiger partial charge in [0, 0.05) is 21.4 Å². The lowest BCUT2D eigenvalue weighted by molar-refractivity contribution is 0.630. The molecule has 0 aliphatic heterocycles. The second-order valence-corrected chi connectivity index (χ2v) is 8.21. The number of aromatic nitrogens is 2. The van der Waals surface area contributed by atoms with E-state index in [1.54, 1.807) is 15.9 Å². The molecule has 2 aromatic heterocycles. The molecule has 0 amide bonds. The number of benzene rings is 1. The van der Waals surface area contributed by atoms with Crippen LogP contribution >= 0.6 is 11.3 Å². The lowest BCUT2D eigenvalue weighted by Crippen LogP contribution is -2.30. The van der Waals surface area contributed by atoms with E-state index >= 15 is 0 Å². The van der Waals surface area contributed by atoms with Crippen LogP contribution in [-0.4, -0.2) is 9.55 Å². The van der Waals surface area contributed by atoms with Crippen molar-refractivity contribution in [2.75, 3.05) is 0 Å². The molecule has 1 N–H and O–H groups in total. The molecule has 1 aromatic carbocycles. The molecule has 6 heteroatoms. The van der Waals surface area contributed by atoms with Crippen LogP contribution in [-0.2, 0) is 0 Å². The number of rotatable bonds is 3. The SMILES string of the molecule is Cc1c(-c2ccc(C3CC3)s2)c(F)cc2c(=O)[nH]c(=O)n(C3CC3)c12. The Morgan fingerprint density at radius 2 is 1.96 bits per heavy atom. The number of thiophene rings is 1. The third kappa shape index (κ3) is 2.31. The second kappa shape index (κ2) is 5.14. The number of hydrogen-bond acceptors (Lipinski definition) is 3. The number of aryl methyl sites for hydroxylation is 1. The van der Waals surface area contributed by atoms with Crippen LogP contribution in [0.1, 0.15) is 48.1 Å². The third-order valence-electron chi connectivity index (χ3n) is 5.18.